The molecule has 0 aliphatic rings. The summed E-state index contributed by atoms with van der Waals surface area (Å²) in [6.07, 6.45) is 3.54. The fraction of sp³-hybridized carbons (Fsp3) is 0.150. The van der Waals surface area contributed by atoms with E-state index in [1.807, 2.05) is 44.2 Å². The molecule has 0 saturated carbocycles. The zero-order valence-electron chi connectivity index (χ0n) is 14.7. The van der Waals surface area contributed by atoms with Gasteiger partial charge in [0.25, 0.3) is 10.0 Å². The van der Waals surface area contributed by atoms with Crippen LogP contribution in [0.5, 0.6) is 0 Å². The Morgan fingerprint density at radius 2 is 1.65 bits per heavy atom. The van der Waals surface area contributed by atoms with Gasteiger partial charge in [-0.2, -0.15) is 0 Å². The summed E-state index contributed by atoms with van der Waals surface area (Å²) in [6, 6.07) is 16.2. The Hall–Kier alpha value is -2.86. The number of aryl methyl sites for hydroxylation is 2. The van der Waals surface area contributed by atoms with Crippen LogP contribution in [0, 0.1) is 13.8 Å². The Kier molecular flexibility index (Phi) is 5.23. The average molecular weight is 367 g/mol. The number of nitrogens with zero attached hydrogens (tertiary/aromatic N) is 1. The number of benzene rings is 2. The van der Waals surface area contributed by atoms with E-state index in [4.69, 9.17) is 0 Å². The molecule has 3 rings (SSSR count). The molecule has 0 radical (unpaired) electrons. The largest absolute Gasteiger partial charge is 0.381 e. The molecule has 6 heteroatoms. The molecule has 0 fully saturated rings. The Morgan fingerprint density at radius 3 is 2.31 bits per heavy atom. The molecular formula is C20H21N3O2S. The lowest BCUT2D eigenvalue weighted by atomic mass is 10.1. The van der Waals surface area contributed by atoms with E-state index >= 15 is 0 Å². The highest BCUT2D eigenvalue weighted by atomic mass is 32.2. The van der Waals surface area contributed by atoms with Crippen molar-refractivity contribution in [3.05, 3.63) is 83.7 Å². The van der Waals surface area contributed by atoms with Gasteiger partial charge in [-0.1, -0.05) is 12.1 Å². The molecule has 2 aromatic carbocycles. The summed E-state index contributed by atoms with van der Waals surface area (Å²) >= 11 is 0. The Bertz CT molecular complexity index is 985. The minimum atomic E-state index is -3.60. The molecule has 2 N–H and O–H groups in total. The van der Waals surface area contributed by atoms with Gasteiger partial charge in [0.1, 0.15) is 0 Å². The van der Waals surface area contributed by atoms with Gasteiger partial charge >= 0.3 is 0 Å². The van der Waals surface area contributed by atoms with Crippen molar-refractivity contribution in [2.24, 2.45) is 0 Å². The summed E-state index contributed by atoms with van der Waals surface area (Å²) in [5.74, 6) is 0. The molecule has 134 valence electrons. The highest BCUT2D eigenvalue weighted by molar-refractivity contribution is 7.92. The SMILES string of the molecule is Cc1ccc(S(=O)(=O)Nc2ccc(NCc3cccnc3)cc2)cc1C. The first-order valence-electron chi connectivity index (χ1n) is 8.27. The maximum Gasteiger partial charge on any atom is 0.261 e. The quantitative estimate of drug-likeness (QED) is 0.688. The van der Waals surface area contributed by atoms with Gasteiger partial charge in [-0.3, -0.25) is 9.71 Å². The summed E-state index contributed by atoms with van der Waals surface area (Å²) in [6.45, 7) is 4.51. The first kappa shape index (κ1) is 17.9. The number of hydrogen-bond donors (Lipinski definition) is 2. The van der Waals surface area contributed by atoms with Crippen molar-refractivity contribution in [2.75, 3.05) is 10.0 Å². The molecule has 0 amide bonds. The van der Waals surface area contributed by atoms with Gasteiger partial charge in [0.15, 0.2) is 0 Å². The summed E-state index contributed by atoms with van der Waals surface area (Å²) < 4.78 is 27.7. The standard InChI is InChI=1S/C20H21N3O2S/c1-15-5-10-20(12-16(15)2)26(24,25)23-19-8-6-18(7-9-19)22-14-17-4-3-11-21-13-17/h3-13,22-23H,14H2,1-2H3. The number of anilines is 2. The molecule has 0 aliphatic carbocycles. The van der Waals surface area contributed by atoms with Crippen LogP contribution in [0.25, 0.3) is 0 Å². The predicted octanol–water partition coefficient (Wildman–Crippen LogP) is 4.11. The first-order chi connectivity index (χ1) is 12.4. The number of aromatic nitrogens is 1. The molecule has 1 aromatic heterocycles. The van der Waals surface area contributed by atoms with Crippen LogP contribution in [0.1, 0.15) is 16.7 Å². The van der Waals surface area contributed by atoms with Gasteiger partial charge in [0.2, 0.25) is 0 Å². The molecule has 0 spiro atoms. The van der Waals surface area contributed by atoms with Crippen LogP contribution in [0.4, 0.5) is 11.4 Å². The van der Waals surface area contributed by atoms with Gasteiger partial charge < -0.3 is 5.32 Å². The Morgan fingerprint density at radius 1 is 0.923 bits per heavy atom. The van der Waals surface area contributed by atoms with Gasteiger partial charge in [0.05, 0.1) is 4.90 Å². The van der Waals surface area contributed by atoms with Crippen LogP contribution in [-0.4, -0.2) is 13.4 Å². The molecule has 0 unspecified atom stereocenters. The molecule has 0 atom stereocenters. The second-order valence-corrected chi connectivity index (χ2v) is 7.83. The Balaban J connectivity index is 1.67. The first-order valence-corrected chi connectivity index (χ1v) is 9.75. The number of sulfonamides is 1. The van der Waals surface area contributed by atoms with E-state index < -0.39 is 10.0 Å². The molecule has 3 aromatic rings. The zero-order chi connectivity index (χ0) is 18.6. The number of rotatable bonds is 6. The highest BCUT2D eigenvalue weighted by Gasteiger charge is 2.14. The molecule has 0 bridgehead atoms. The van der Waals surface area contributed by atoms with Crippen molar-refractivity contribution in [1.82, 2.24) is 4.98 Å². The predicted molar refractivity (Wildman–Crippen MR) is 105 cm³/mol. The van der Waals surface area contributed by atoms with Crippen LogP contribution in [-0.2, 0) is 16.6 Å². The maximum atomic E-state index is 12.5. The third-order valence-corrected chi connectivity index (χ3v) is 5.52. The van der Waals surface area contributed by atoms with E-state index in [9.17, 15) is 8.42 Å². The molecular weight excluding hydrogens is 346 g/mol. The van der Waals surface area contributed by atoms with Crippen molar-refractivity contribution in [3.8, 4) is 0 Å². The van der Waals surface area contributed by atoms with Crippen LogP contribution in [0.15, 0.2) is 71.9 Å². The topological polar surface area (TPSA) is 71.1 Å². The second kappa shape index (κ2) is 7.58. The summed E-state index contributed by atoms with van der Waals surface area (Å²) in [4.78, 5) is 4.34. The fourth-order valence-corrected chi connectivity index (χ4v) is 3.60. The van der Waals surface area contributed by atoms with Gasteiger partial charge in [-0.15, -0.1) is 0 Å². The fourth-order valence-electron chi connectivity index (χ4n) is 2.46. The third-order valence-electron chi connectivity index (χ3n) is 4.15. The summed E-state index contributed by atoms with van der Waals surface area (Å²) in [5, 5.41) is 3.28. The van der Waals surface area contributed by atoms with Crippen molar-refractivity contribution >= 4 is 21.4 Å². The lowest BCUT2D eigenvalue weighted by molar-refractivity contribution is 0.601. The molecule has 0 saturated heterocycles. The highest BCUT2D eigenvalue weighted by Crippen LogP contribution is 2.20. The molecule has 1 heterocycles. The lowest BCUT2D eigenvalue weighted by Crippen LogP contribution is -2.13. The smallest absolute Gasteiger partial charge is 0.261 e. The van der Waals surface area contributed by atoms with E-state index in [0.717, 1.165) is 22.4 Å². The lowest BCUT2D eigenvalue weighted by Gasteiger charge is -2.11. The van der Waals surface area contributed by atoms with Gasteiger partial charge in [-0.05, 0) is 73.0 Å². The minimum Gasteiger partial charge on any atom is -0.381 e. The number of pyridine rings is 1. The van der Waals surface area contributed by atoms with Gasteiger partial charge in [0, 0.05) is 30.3 Å². The Labute approximate surface area is 154 Å². The second-order valence-electron chi connectivity index (χ2n) is 6.14. The van der Waals surface area contributed by atoms with Crippen molar-refractivity contribution < 1.29 is 8.42 Å². The van der Waals surface area contributed by atoms with E-state index in [1.165, 1.54) is 0 Å². The summed E-state index contributed by atoms with van der Waals surface area (Å²) in [5.41, 5.74) is 4.51. The van der Waals surface area contributed by atoms with Crippen LogP contribution in [0.2, 0.25) is 0 Å². The van der Waals surface area contributed by atoms with Crippen molar-refractivity contribution in [2.45, 2.75) is 25.3 Å². The van der Waals surface area contributed by atoms with Crippen molar-refractivity contribution in [1.29, 1.82) is 0 Å². The maximum absolute atomic E-state index is 12.5. The van der Waals surface area contributed by atoms with Crippen molar-refractivity contribution in [3.63, 3.8) is 0 Å². The van der Waals surface area contributed by atoms with Crippen LogP contribution < -0.4 is 10.0 Å². The van der Waals surface area contributed by atoms with Crippen LogP contribution in [0.3, 0.4) is 0 Å². The third kappa shape index (κ3) is 4.40. The molecule has 0 aliphatic heterocycles. The van der Waals surface area contributed by atoms with Crippen LogP contribution >= 0.6 is 0 Å². The average Bonchev–Trinajstić information content (AvgIpc) is 2.64. The normalized spacial score (nSPS) is 11.2. The summed E-state index contributed by atoms with van der Waals surface area (Å²) in [7, 11) is -3.60. The molecule has 5 nitrogen and oxygen atoms in total. The van der Waals surface area contributed by atoms with E-state index in [1.54, 1.807) is 36.7 Å². The zero-order valence-corrected chi connectivity index (χ0v) is 15.5. The minimum absolute atomic E-state index is 0.263. The number of nitrogens with one attached hydrogen (secondary N) is 2. The monoisotopic (exact) mass is 367 g/mol. The van der Waals surface area contributed by atoms with E-state index in [-0.39, 0.29) is 4.90 Å². The van der Waals surface area contributed by atoms with Gasteiger partial charge in [-0.25, -0.2) is 8.42 Å². The number of hydrogen-bond acceptors (Lipinski definition) is 4. The molecule has 26 heavy (non-hydrogen) atoms. The van der Waals surface area contributed by atoms with E-state index in [2.05, 4.69) is 15.0 Å². The van der Waals surface area contributed by atoms with E-state index in [0.29, 0.717) is 12.2 Å².